The average Bonchev–Trinajstić information content (AvgIpc) is 3.13. The fraction of sp³-hybridized carbons (Fsp3) is 0.450. The zero-order valence-corrected chi connectivity index (χ0v) is 15.0. The number of nitrogens with zero attached hydrogens (tertiary/aromatic N) is 1. The van der Waals surface area contributed by atoms with Crippen molar-refractivity contribution in [2.24, 2.45) is 5.92 Å². The van der Waals surface area contributed by atoms with Crippen LogP contribution in [0.1, 0.15) is 34.8 Å². The lowest BCUT2D eigenvalue weighted by atomic mass is 9.91. The first kappa shape index (κ1) is 17.2. The summed E-state index contributed by atoms with van der Waals surface area (Å²) >= 11 is 1.71. The summed E-state index contributed by atoms with van der Waals surface area (Å²) in [6, 6.07) is 12.5. The average molecular weight is 343 g/mol. The van der Waals surface area contributed by atoms with Crippen molar-refractivity contribution in [3.05, 3.63) is 57.8 Å². The Kier molecular flexibility index (Phi) is 5.69. The highest BCUT2D eigenvalue weighted by molar-refractivity contribution is 7.09. The Bertz CT molecular complexity index is 651. The number of hydrogen-bond donors (Lipinski definition) is 1. The Morgan fingerprint density at radius 1 is 1.33 bits per heavy atom. The number of carbonyl (C=O) groups is 1. The Balaban J connectivity index is 1.82. The number of aryl methyl sites for hydroxylation is 1. The molecule has 1 aromatic carbocycles. The number of likely N-dealkylation sites (tertiary alicyclic amines) is 1. The number of carbonyl (C=O) groups excluding carboxylic acids is 1. The minimum Gasteiger partial charge on any atom is -0.396 e. The molecular weight excluding hydrogens is 318 g/mol. The second kappa shape index (κ2) is 7.95. The molecule has 1 saturated heterocycles. The fourth-order valence-electron chi connectivity index (χ4n) is 3.41. The van der Waals surface area contributed by atoms with Crippen LogP contribution in [0.25, 0.3) is 0 Å². The second-order valence-electron chi connectivity index (χ2n) is 6.72. The number of thiophene rings is 1. The molecule has 2 aromatic rings. The van der Waals surface area contributed by atoms with Gasteiger partial charge in [-0.1, -0.05) is 35.9 Å². The topological polar surface area (TPSA) is 40.5 Å². The van der Waals surface area contributed by atoms with Gasteiger partial charge in [-0.15, -0.1) is 11.3 Å². The van der Waals surface area contributed by atoms with Crippen LogP contribution in [-0.4, -0.2) is 35.6 Å². The highest BCUT2D eigenvalue weighted by atomic mass is 32.1. The predicted octanol–water partition coefficient (Wildman–Crippen LogP) is 3.61. The summed E-state index contributed by atoms with van der Waals surface area (Å²) in [6.07, 6.45) is 2.75. The molecule has 3 nitrogen and oxygen atoms in total. The van der Waals surface area contributed by atoms with Crippen molar-refractivity contribution in [3.63, 3.8) is 0 Å². The monoisotopic (exact) mass is 343 g/mol. The number of hydrogen-bond acceptors (Lipinski definition) is 3. The number of aliphatic hydroxyl groups excluding tert-OH is 1. The molecule has 0 spiro atoms. The van der Waals surface area contributed by atoms with E-state index in [4.69, 9.17) is 0 Å². The summed E-state index contributed by atoms with van der Waals surface area (Å²) in [7, 11) is 0. The highest BCUT2D eigenvalue weighted by Crippen LogP contribution is 2.28. The standard InChI is InChI=1S/C20H25NO2S/c1-15-6-8-17(9-7-15)19(12-18-5-3-11-24-18)20(23)21-10-2-4-16(13-21)14-22/h3,5-9,11,16,19,22H,2,4,10,12-14H2,1H3. The van der Waals surface area contributed by atoms with E-state index in [0.717, 1.165) is 31.4 Å². The summed E-state index contributed by atoms with van der Waals surface area (Å²) in [5, 5.41) is 11.5. The van der Waals surface area contributed by atoms with Gasteiger partial charge in [-0.05, 0) is 49.1 Å². The Morgan fingerprint density at radius 2 is 2.12 bits per heavy atom. The van der Waals surface area contributed by atoms with Gasteiger partial charge in [-0.2, -0.15) is 0 Å². The molecule has 1 fully saturated rings. The third-order valence-electron chi connectivity index (χ3n) is 4.85. The van der Waals surface area contributed by atoms with Crippen molar-refractivity contribution >= 4 is 17.2 Å². The minimum absolute atomic E-state index is 0.137. The van der Waals surface area contributed by atoms with E-state index in [2.05, 4.69) is 42.6 Å². The molecule has 2 unspecified atom stereocenters. The molecule has 24 heavy (non-hydrogen) atoms. The molecular formula is C20H25NO2S. The Labute approximate surface area is 147 Å². The van der Waals surface area contributed by atoms with Crippen LogP contribution in [0.5, 0.6) is 0 Å². The molecule has 0 saturated carbocycles. The van der Waals surface area contributed by atoms with Crippen molar-refractivity contribution < 1.29 is 9.90 Å². The summed E-state index contributed by atoms with van der Waals surface area (Å²) in [6.45, 7) is 3.73. The van der Waals surface area contributed by atoms with E-state index in [-0.39, 0.29) is 24.3 Å². The molecule has 1 N–H and O–H groups in total. The largest absolute Gasteiger partial charge is 0.396 e. The van der Waals surface area contributed by atoms with Gasteiger partial charge in [0.05, 0.1) is 5.92 Å². The molecule has 0 radical (unpaired) electrons. The fourth-order valence-corrected chi connectivity index (χ4v) is 4.16. The first-order valence-electron chi connectivity index (χ1n) is 8.66. The first-order chi connectivity index (χ1) is 11.7. The van der Waals surface area contributed by atoms with Crippen molar-refractivity contribution in [2.45, 2.75) is 32.1 Å². The van der Waals surface area contributed by atoms with Crippen LogP contribution in [0.2, 0.25) is 0 Å². The maximum atomic E-state index is 13.2. The van der Waals surface area contributed by atoms with Crippen molar-refractivity contribution in [3.8, 4) is 0 Å². The smallest absolute Gasteiger partial charge is 0.230 e. The van der Waals surface area contributed by atoms with Crippen LogP contribution in [0.4, 0.5) is 0 Å². The Morgan fingerprint density at radius 3 is 2.79 bits per heavy atom. The number of rotatable bonds is 5. The molecule has 128 valence electrons. The molecule has 3 rings (SSSR count). The molecule has 2 atom stereocenters. The van der Waals surface area contributed by atoms with Gasteiger partial charge in [0.25, 0.3) is 0 Å². The van der Waals surface area contributed by atoms with Crippen LogP contribution in [0, 0.1) is 12.8 Å². The van der Waals surface area contributed by atoms with Gasteiger partial charge in [-0.25, -0.2) is 0 Å². The van der Waals surface area contributed by atoms with E-state index in [9.17, 15) is 9.90 Å². The van der Waals surface area contributed by atoms with Gasteiger partial charge < -0.3 is 10.0 Å². The van der Waals surface area contributed by atoms with Crippen LogP contribution in [0.3, 0.4) is 0 Å². The van der Waals surface area contributed by atoms with Crippen molar-refractivity contribution in [1.29, 1.82) is 0 Å². The quantitative estimate of drug-likeness (QED) is 0.901. The Hall–Kier alpha value is -1.65. The number of benzene rings is 1. The van der Waals surface area contributed by atoms with Gasteiger partial charge in [0.1, 0.15) is 0 Å². The zero-order chi connectivity index (χ0) is 16.9. The summed E-state index contributed by atoms with van der Waals surface area (Å²) < 4.78 is 0. The molecule has 4 heteroatoms. The minimum atomic E-state index is -0.137. The number of piperidine rings is 1. The van der Waals surface area contributed by atoms with Crippen molar-refractivity contribution in [2.75, 3.05) is 19.7 Å². The van der Waals surface area contributed by atoms with E-state index in [1.165, 1.54) is 10.4 Å². The van der Waals surface area contributed by atoms with Gasteiger partial charge in [-0.3, -0.25) is 4.79 Å². The highest BCUT2D eigenvalue weighted by Gasteiger charge is 2.30. The predicted molar refractivity (Wildman–Crippen MR) is 98.3 cm³/mol. The summed E-state index contributed by atoms with van der Waals surface area (Å²) in [5.74, 6) is 0.287. The SMILES string of the molecule is Cc1ccc(C(Cc2cccs2)C(=O)N2CCCC(CO)C2)cc1. The van der Waals surface area contributed by atoms with Gasteiger partial charge in [0.15, 0.2) is 0 Å². The number of amides is 1. The normalized spacial score (nSPS) is 19.2. The molecule has 0 bridgehead atoms. The summed E-state index contributed by atoms with van der Waals surface area (Å²) in [4.78, 5) is 16.4. The first-order valence-corrected chi connectivity index (χ1v) is 9.54. The van der Waals surface area contributed by atoms with Crippen LogP contribution in [0.15, 0.2) is 41.8 Å². The lowest BCUT2D eigenvalue weighted by Crippen LogP contribution is -2.43. The third kappa shape index (κ3) is 4.05. The van der Waals surface area contributed by atoms with Gasteiger partial charge in [0, 0.05) is 24.6 Å². The van der Waals surface area contributed by atoms with E-state index in [0.29, 0.717) is 6.54 Å². The van der Waals surface area contributed by atoms with Crippen LogP contribution >= 0.6 is 11.3 Å². The maximum Gasteiger partial charge on any atom is 0.230 e. The molecule has 0 aliphatic carbocycles. The molecule has 1 aliphatic heterocycles. The molecule has 2 heterocycles. The number of aliphatic hydroxyl groups is 1. The maximum absolute atomic E-state index is 13.2. The van der Waals surface area contributed by atoms with Gasteiger partial charge in [0.2, 0.25) is 5.91 Å². The second-order valence-corrected chi connectivity index (χ2v) is 7.75. The lowest BCUT2D eigenvalue weighted by Gasteiger charge is -2.34. The zero-order valence-electron chi connectivity index (χ0n) is 14.1. The van der Waals surface area contributed by atoms with Crippen molar-refractivity contribution in [1.82, 2.24) is 4.90 Å². The van der Waals surface area contributed by atoms with Crippen LogP contribution < -0.4 is 0 Å². The molecule has 1 amide bonds. The molecule has 1 aromatic heterocycles. The van der Waals surface area contributed by atoms with Gasteiger partial charge >= 0.3 is 0 Å². The van der Waals surface area contributed by atoms with E-state index >= 15 is 0 Å². The summed E-state index contributed by atoms with van der Waals surface area (Å²) in [5.41, 5.74) is 2.30. The molecule has 1 aliphatic rings. The third-order valence-corrected chi connectivity index (χ3v) is 5.75. The van der Waals surface area contributed by atoms with E-state index < -0.39 is 0 Å². The lowest BCUT2D eigenvalue weighted by molar-refractivity contribution is -0.134. The van der Waals surface area contributed by atoms with Crippen LogP contribution in [-0.2, 0) is 11.2 Å². The van der Waals surface area contributed by atoms with E-state index in [1.54, 1.807) is 11.3 Å². The van der Waals surface area contributed by atoms with E-state index in [1.807, 2.05) is 11.0 Å².